The molecular formula is C16H14ClN3. The van der Waals surface area contributed by atoms with Crippen molar-refractivity contribution in [3.8, 4) is 5.69 Å². The molecule has 3 heterocycles. The van der Waals surface area contributed by atoms with E-state index in [9.17, 15) is 0 Å². The quantitative estimate of drug-likeness (QED) is 0.733. The molecule has 0 bridgehead atoms. The summed E-state index contributed by atoms with van der Waals surface area (Å²) in [4.78, 5) is 4.51. The SMILES string of the molecule is Cc1cc2cccnc2n1-c1cc(Cl)c2c(c1)CCN2. The van der Waals surface area contributed by atoms with Crippen LogP contribution in [0.3, 0.4) is 0 Å². The highest BCUT2D eigenvalue weighted by atomic mass is 35.5. The van der Waals surface area contributed by atoms with Crippen molar-refractivity contribution in [1.29, 1.82) is 0 Å². The van der Waals surface area contributed by atoms with Crippen LogP contribution in [0.25, 0.3) is 16.7 Å². The van der Waals surface area contributed by atoms with Gasteiger partial charge in [-0.15, -0.1) is 0 Å². The molecule has 0 radical (unpaired) electrons. The highest BCUT2D eigenvalue weighted by Crippen LogP contribution is 2.34. The first kappa shape index (κ1) is 11.8. The number of hydrogen-bond acceptors (Lipinski definition) is 2. The number of halogens is 1. The third-order valence-electron chi connectivity index (χ3n) is 3.86. The summed E-state index contributed by atoms with van der Waals surface area (Å²) < 4.78 is 2.17. The number of rotatable bonds is 1. The van der Waals surface area contributed by atoms with Crippen LogP contribution in [0.1, 0.15) is 11.3 Å². The van der Waals surface area contributed by atoms with Crippen LogP contribution < -0.4 is 5.32 Å². The Hall–Kier alpha value is -2.00. The Morgan fingerprint density at radius 3 is 3.10 bits per heavy atom. The minimum Gasteiger partial charge on any atom is -0.383 e. The molecule has 0 saturated carbocycles. The highest BCUT2D eigenvalue weighted by molar-refractivity contribution is 6.33. The first-order valence-electron chi connectivity index (χ1n) is 6.74. The topological polar surface area (TPSA) is 29.9 Å². The first-order chi connectivity index (χ1) is 9.74. The molecule has 1 aliphatic rings. The van der Waals surface area contributed by atoms with Gasteiger partial charge < -0.3 is 5.32 Å². The van der Waals surface area contributed by atoms with Crippen molar-refractivity contribution in [3.05, 3.63) is 52.8 Å². The summed E-state index contributed by atoms with van der Waals surface area (Å²) >= 11 is 6.40. The molecule has 20 heavy (non-hydrogen) atoms. The van der Waals surface area contributed by atoms with Crippen LogP contribution in [0, 0.1) is 6.92 Å². The summed E-state index contributed by atoms with van der Waals surface area (Å²) in [7, 11) is 0. The molecule has 3 nitrogen and oxygen atoms in total. The molecule has 3 aromatic rings. The fourth-order valence-corrected chi connectivity index (χ4v) is 3.29. The summed E-state index contributed by atoms with van der Waals surface area (Å²) in [6, 6.07) is 10.4. The maximum absolute atomic E-state index is 6.40. The molecule has 4 heteroatoms. The Bertz CT molecular complexity index is 820. The average Bonchev–Trinajstić information content (AvgIpc) is 3.01. The number of pyridine rings is 1. The molecule has 4 rings (SSSR count). The smallest absolute Gasteiger partial charge is 0.144 e. The van der Waals surface area contributed by atoms with Gasteiger partial charge in [0.15, 0.2) is 0 Å². The number of nitrogens with one attached hydrogen (secondary N) is 1. The average molecular weight is 284 g/mol. The second kappa shape index (κ2) is 4.25. The predicted molar refractivity (Wildman–Crippen MR) is 83.0 cm³/mol. The Labute approximate surface area is 122 Å². The molecule has 0 fully saturated rings. The molecule has 100 valence electrons. The van der Waals surface area contributed by atoms with Crippen molar-refractivity contribution in [2.75, 3.05) is 11.9 Å². The van der Waals surface area contributed by atoms with Gasteiger partial charge in [0.1, 0.15) is 5.65 Å². The van der Waals surface area contributed by atoms with Crippen molar-refractivity contribution in [3.63, 3.8) is 0 Å². The molecule has 0 spiro atoms. The Kier molecular flexibility index (Phi) is 2.51. The zero-order valence-electron chi connectivity index (χ0n) is 11.2. The number of aryl methyl sites for hydroxylation is 1. The fraction of sp³-hybridized carbons (Fsp3) is 0.188. The van der Waals surface area contributed by atoms with Gasteiger partial charge in [-0.25, -0.2) is 4.98 Å². The van der Waals surface area contributed by atoms with Crippen LogP contribution >= 0.6 is 11.6 Å². The van der Waals surface area contributed by atoms with Gasteiger partial charge >= 0.3 is 0 Å². The number of hydrogen-bond donors (Lipinski definition) is 1. The lowest BCUT2D eigenvalue weighted by Crippen LogP contribution is -1.99. The Balaban J connectivity index is 2.00. The molecule has 1 aliphatic heterocycles. The molecular weight excluding hydrogens is 270 g/mol. The zero-order valence-corrected chi connectivity index (χ0v) is 11.9. The maximum atomic E-state index is 6.40. The fourth-order valence-electron chi connectivity index (χ4n) is 2.99. The number of aromatic nitrogens is 2. The van der Waals surface area contributed by atoms with E-state index < -0.39 is 0 Å². The zero-order chi connectivity index (χ0) is 13.7. The van der Waals surface area contributed by atoms with Crippen LogP contribution in [-0.4, -0.2) is 16.1 Å². The molecule has 0 atom stereocenters. The van der Waals surface area contributed by atoms with Crippen molar-refractivity contribution >= 4 is 28.3 Å². The summed E-state index contributed by atoms with van der Waals surface area (Å²) in [6.45, 7) is 3.06. The van der Waals surface area contributed by atoms with Gasteiger partial charge in [-0.2, -0.15) is 0 Å². The summed E-state index contributed by atoms with van der Waals surface area (Å²) in [5.41, 5.74) is 5.60. The number of anilines is 1. The molecule has 1 N–H and O–H groups in total. The van der Waals surface area contributed by atoms with Crippen molar-refractivity contribution in [2.24, 2.45) is 0 Å². The van der Waals surface area contributed by atoms with Crippen molar-refractivity contribution in [2.45, 2.75) is 13.3 Å². The second-order valence-corrected chi connectivity index (χ2v) is 5.58. The highest BCUT2D eigenvalue weighted by Gasteiger charge is 2.17. The molecule has 0 aliphatic carbocycles. The van der Waals surface area contributed by atoms with E-state index in [1.807, 2.05) is 18.3 Å². The Morgan fingerprint density at radius 2 is 2.20 bits per heavy atom. The largest absolute Gasteiger partial charge is 0.383 e. The number of nitrogens with zero attached hydrogens (tertiary/aromatic N) is 2. The van der Waals surface area contributed by atoms with Gasteiger partial charge in [-0.3, -0.25) is 4.57 Å². The van der Waals surface area contributed by atoms with Gasteiger partial charge in [-0.05, 0) is 49.2 Å². The van der Waals surface area contributed by atoms with Crippen LogP contribution in [0.5, 0.6) is 0 Å². The Morgan fingerprint density at radius 1 is 1.30 bits per heavy atom. The van der Waals surface area contributed by atoms with Crippen LogP contribution in [0.15, 0.2) is 36.5 Å². The van der Waals surface area contributed by atoms with Gasteiger partial charge in [-0.1, -0.05) is 11.6 Å². The molecule has 0 unspecified atom stereocenters. The van der Waals surface area contributed by atoms with E-state index in [1.54, 1.807) is 0 Å². The molecule has 0 amide bonds. The van der Waals surface area contributed by atoms with Crippen LogP contribution in [0.2, 0.25) is 5.02 Å². The van der Waals surface area contributed by atoms with E-state index in [-0.39, 0.29) is 0 Å². The maximum Gasteiger partial charge on any atom is 0.144 e. The van der Waals surface area contributed by atoms with E-state index >= 15 is 0 Å². The number of benzene rings is 1. The van der Waals surface area contributed by atoms with E-state index in [4.69, 9.17) is 11.6 Å². The van der Waals surface area contributed by atoms with Gasteiger partial charge in [0.05, 0.1) is 10.7 Å². The van der Waals surface area contributed by atoms with Crippen LogP contribution in [0.4, 0.5) is 5.69 Å². The lowest BCUT2D eigenvalue weighted by atomic mass is 10.1. The molecule has 1 aromatic carbocycles. The molecule has 0 saturated heterocycles. The number of fused-ring (bicyclic) bond motifs is 2. The van der Waals surface area contributed by atoms with E-state index in [0.717, 1.165) is 40.4 Å². The molecule has 2 aromatic heterocycles. The van der Waals surface area contributed by atoms with Crippen molar-refractivity contribution in [1.82, 2.24) is 9.55 Å². The predicted octanol–water partition coefficient (Wildman–Crippen LogP) is 3.96. The third-order valence-corrected chi connectivity index (χ3v) is 4.15. The summed E-state index contributed by atoms with van der Waals surface area (Å²) in [5, 5.41) is 5.27. The summed E-state index contributed by atoms with van der Waals surface area (Å²) in [5.74, 6) is 0. The minimum atomic E-state index is 0.784. The normalized spacial score (nSPS) is 13.5. The van der Waals surface area contributed by atoms with Gasteiger partial charge in [0.25, 0.3) is 0 Å². The lowest BCUT2D eigenvalue weighted by molar-refractivity contribution is 1.02. The van der Waals surface area contributed by atoms with E-state index in [2.05, 4.69) is 40.0 Å². The first-order valence-corrected chi connectivity index (χ1v) is 7.11. The van der Waals surface area contributed by atoms with E-state index in [0.29, 0.717) is 0 Å². The minimum absolute atomic E-state index is 0.784. The van der Waals surface area contributed by atoms with Gasteiger partial charge in [0.2, 0.25) is 0 Å². The van der Waals surface area contributed by atoms with Crippen LogP contribution in [-0.2, 0) is 6.42 Å². The van der Waals surface area contributed by atoms with Gasteiger partial charge in [0, 0.05) is 29.5 Å². The standard InChI is InChI=1S/C16H14ClN3/c1-10-7-12-3-2-5-19-16(12)20(10)13-8-11-4-6-18-15(11)14(17)9-13/h2-3,5,7-9,18H,4,6H2,1H3. The van der Waals surface area contributed by atoms with E-state index in [1.165, 1.54) is 11.3 Å². The summed E-state index contributed by atoms with van der Waals surface area (Å²) in [6.07, 6.45) is 2.85. The monoisotopic (exact) mass is 283 g/mol. The van der Waals surface area contributed by atoms with Crippen molar-refractivity contribution < 1.29 is 0 Å². The third kappa shape index (κ3) is 1.63. The second-order valence-electron chi connectivity index (χ2n) is 5.18. The lowest BCUT2D eigenvalue weighted by Gasteiger charge is -2.11.